The van der Waals surface area contributed by atoms with E-state index in [1.807, 2.05) is 0 Å². The Hall–Kier alpha value is -1.55. The number of carbonyl (C=O) groups excluding carboxylic acids is 1. The van der Waals surface area contributed by atoms with E-state index in [1.54, 1.807) is 19.1 Å². The van der Waals surface area contributed by atoms with Crippen LogP contribution in [-0.2, 0) is 11.3 Å². The van der Waals surface area contributed by atoms with Crippen molar-refractivity contribution in [3.63, 3.8) is 0 Å². The van der Waals surface area contributed by atoms with Gasteiger partial charge in [-0.25, -0.2) is 4.79 Å². The van der Waals surface area contributed by atoms with Gasteiger partial charge in [0.15, 0.2) is 0 Å². The molecule has 15 heavy (non-hydrogen) atoms. The topological polar surface area (TPSA) is 51.5 Å². The summed E-state index contributed by atoms with van der Waals surface area (Å²) >= 11 is 0. The van der Waals surface area contributed by atoms with Gasteiger partial charge in [0.05, 0.1) is 13.7 Å². The number of carbonyl (C=O) groups is 1. The van der Waals surface area contributed by atoms with Crippen molar-refractivity contribution >= 4 is 5.97 Å². The van der Waals surface area contributed by atoms with Crippen LogP contribution < -0.4 is 5.32 Å². The lowest BCUT2D eigenvalue weighted by atomic mass is 10.2. The highest BCUT2D eigenvalue weighted by Crippen LogP contribution is 2.15. The predicted octanol–water partition coefficient (Wildman–Crippen LogP) is 1.65. The Bertz CT molecular complexity index is 355. The highest BCUT2D eigenvalue weighted by molar-refractivity contribution is 5.90. The maximum Gasteiger partial charge on any atom is 0.341 e. The molecular weight excluding hydrogens is 194 g/mol. The minimum Gasteiger partial charge on any atom is -0.465 e. The molecule has 0 aliphatic heterocycles. The van der Waals surface area contributed by atoms with Crippen LogP contribution in [0.1, 0.15) is 21.9 Å². The number of hydrogen-bond donors (Lipinski definition) is 1. The van der Waals surface area contributed by atoms with Gasteiger partial charge in [-0.2, -0.15) is 0 Å². The SMILES string of the molecule is C=CCNCc1cc(C(=O)OC)c(C)o1. The zero-order chi connectivity index (χ0) is 11.3. The molecule has 0 radical (unpaired) electrons. The van der Waals surface area contributed by atoms with E-state index < -0.39 is 0 Å². The van der Waals surface area contributed by atoms with Gasteiger partial charge in [-0.1, -0.05) is 6.08 Å². The summed E-state index contributed by atoms with van der Waals surface area (Å²) in [5.74, 6) is 0.929. The Morgan fingerprint density at radius 1 is 1.73 bits per heavy atom. The summed E-state index contributed by atoms with van der Waals surface area (Å²) in [5, 5.41) is 3.08. The second-order valence-electron chi connectivity index (χ2n) is 3.09. The van der Waals surface area contributed by atoms with Gasteiger partial charge >= 0.3 is 5.97 Å². The second kappa shape index (κ2) is 5.36. The molecule has 1 aromatic rings. The maximum absolute atomic E-state index is 11.3. The average molecular weight is 209 g/mol. The molecule has 0 amide bonds. The average Bonchev–Trinajstić information content (AvgIpc) is 2.59. The maximum atomic E-state index is 11.3. The summed E-state index contributed by atoms with van der Waals surface area (Å²) in [4.78, 5) is 11.3. The number of hydrogen-bond acceptors (Lipinski definition) is 4. The second-order valence-corrected chi connectivity index (χ2v) is 3.09. The normalized spacial score (nSPS) is 10.0. The third kappa shape index (κ3) is 2.95. The summed E-state index contributed by atoms with van der Waals surface area (Å²) in [5.41, 5.74) is 0.480. The zero-order valence-electron chi connectivity index (χ0n) is 9.00. The van der Waals surface area contributed by atoms with Gasteiger partial charge in [0.2, 0.25) is 0 Å². The molecule has 1 aromatic heterocycles. The van der Waals surface area contributed by atoms with Crippen molar-refractivity contribution in [3.05, 3.63) is 35.8 Å². The first-order valence-corrected chi connectivity index (χ1v) is 4.68. The van der Waals surface area contributed by atoms with E-state index in [2.05, 4.69) is 16.6 Å². The summed E-state index contributed by atoms with van der Waals surface area (Å²) in [6.45, 7) is 6.60. The summed E-state index contributed by atoms with van der Waals surface area (Å²) in [6.07, 6.45) is 1.76. The number of ether oxygens (including phenoxy) is 1. The smallest absolute Gasteiger partial charge is 0.341 e. The summed E-state index contributed by atoms with van der Waals surface area (Å²) in [6, 6.07) is 1.69. The van der Waals surface area contributed by atoms with Gasteiger partial charge < -0.3 is 14.5 Å². The Labute approximate surface area is 88.9 Å². The third-order valence-corrected chi connectivity index (χ3v) is 1.96. The van der Waals surface area contributed by atoms with Gasteiger partial charge in [-0.05, 0) is 13.0 Å². The van der Waals surface area contributed by atoms with Gasteiger partial charge in [-0.3, -0.25) is 0 Å². The van der Waals surface area contributed by atoms with Crippen LogP contribution in [0.3, 0.4) is 0 Å². The fraction of sp³-hybridized carbons (Fsp3) is 0.364. The molecule has 0 atom stereocenters. The molecule has 0 aromatic carbocycles. The molecular formula is C11H15NO3. The standard InChI is InChI=1S/C11H15NO3/c1-4-5-12-7-9-6-10(8(2)15-9)11(13)14-3/h4,6,12H,1,5,7H2,2-3H3. The fourth-order valence-corrected chi connectivity index (χ4v) is 1.24. The molecule has 1 heterocycles. The molecule has 0 fully saturated rings. The molecule has 0 spiro atoms. The molecule has 0 bridgehead atoms. The number of methoxy groups -OCH3 is 1. The Morgan fingerprint density at radius 3 is 3.07 bits per heavy atom. The van der Waals surface area contributed by atoms with E-state index in [9.17, 15) is 4.79 Å². The lowest BCUT2D eigenvalue weighted by Crippen LogP contribution is -2.11. The monoisotopic (exact) mass is 209 g/mol. The van der Waals surface area contributed by atoms with Crippen molar-refractivity contribution in [1.82, 2.24) is 5.32 Å². The van der Waals surface area contributed by atoms with E-state index in [4.69, 9.17) is 4.42 Å². The first-order valence-electron chi connectivity index (χ1n) is 4.68. The largest absolute Gasteiger partial charge is 0.465 e. The lowest BCUT2D eigenvalue weighted by Gasteiger charge is -1.95. The van der Waals surface area contributed by atoms with Gasteiger partial charge in [0.25, 0.3) is 0 Å². The molecule has 1 rings (SSSR count). The van der Waals surface area contributed by atoms with Crippen molar-refractivity contribution < 1.29 is 13.9 Å². The van der Waals surface area contributed by atoms with Crippen LogP contribution in [0, 0.1) is 6.92 Å². The quantitative estimate of drug-likeness (QED) is 0.455. The van der Waals surface area contributed by atoms with Gasteiger partial charge in [0, 0.05) is 6.54 Å². The third-order valence-electron chi connectivity index (χ3n) is 1.96. The molecule has 0 saturated heterocycles. The Balaban J connectivity index is 2.68. The van der Waals surface area contributed by atoms with E-state index >= 15 is 0 Å². The van der Waals surface area contributed by atoms with E-state index in [1.165, 1.54) is 7.11 Å². The van der Waals surface area contributed by atoms with E-state index in [0.29, 0.717) is 24.4 Å². The highest BCUT2D eigenvalue weighted by Gasteiger charge is 2.14. The first kappa shape index (κ1) is 11.5. The van der Waals surface area contributed by atoms with Crippen LogP contribution in [0.25, 0.3) is 0 Å². The lowest BCUT2D eigenvalue weighted by molar-refractivity contribution is 0.0599. The summed E-state index contributed by atoms with van der Waals surface area (Å²) < 4.78 is 10.0. The molecule has 0 aliphatic carbocycles. The van der Waals surface area contributed by atoms with Crippen molar-refractivity contribution in [1.29, 1.82) is 0 Å². The van der Waals surface area contributed by atoms with Crippen molar-refractivity contribution in [2.75, 3.05) is 13.7 Å². The van der Waals surface area contributed by atoms with Crippen LogP contribution in [0.4, 0.5) is 0 Å². The van der Waals surface area contributed by atoms with Crippen LogP contribution in [0.5, 0.6) is 0 Å². The number of nitrogens with one attached hydrogen (secondary N) is 1. The van der Waals surface area contributed by atoms with Crippen LogP contribution in [0.2, 0.25) is 0 Å². The number of aryl methyl sites for hydroxylation is 1. The van der Waals surface area contributed by atoms with Crippen LogP contribution in [0.15, 0.2) is 23.1 Å². The van der Waals surface area contributed by atoms with Crippen molar-refractivity contribution in [3.8, 4) is 0 Å². The molecule has 4 heteroatoms. The summed E-state index contributed by atoms with van der Waals surface area (Å²) in [7, 11) is 1.35. The molecule has 1 N–H and O–H groups in total. The highest BCUT2D eigenvalue weighted by atomic mass is 16.5. The molecule has 0 saturated carbocycles. The number of furan rings is 1. The molecule has 82 valence electrons. The van der Waals surface area contributed by atoms with Gasteiger partial charge in [0.1, 0.15) is 17.1 Å². The Morgan fingerprint density at radius 2 is 2.47 bits per heavy atom. The van der Waals surface area contributed by atoms with Crippen LogP contribution >= 0.6 is 0 Å². The molecule has 0 unspecified atom stereocenters. The minimum absolute atomic E-state index is 0.369. The Kier molecular flexibility index (Phi) is 4.12. The fourth-order valence-electron chi connectivity index (χ4n) is 1.24. The van der Waals surface area contributed by atoms with Crippen molar-refractivity contribution in [2.45, 2.75) is 13.5 Å². The van der Waals surface area contributed by atoms with E-state index in [0.717, 1.165) is 5.76 Å². The number of esters is 1. The van der Waals surface area contributed by atoms with Gasteiger partial charge in [-0.15, -0.1) is 6.58 Å². The zero-order valence-corrected chi connectivity index (χ0v) is 9.00. The van der Waals surface area contributed by atoms with Crippen LogP contribution in [-0.4, -0.2) is 19.6 Å². The van der Waals surface area contributed by atoms with Crippen molar-refractivity contribution in [2.24, 2.45) is 0 Å². The predicted molar refractivity (Wildman–Crippen MR) is 56.7 cm³/mol. The van der Waals surface area contributed by atoms with E-state index in [-0.39, 0.29) is 5.97 Å². The number of rotatable bonds is 5. The molecule has 4 nitrogen and oxygen atoms in total. The molecule has 0 aliphatic rings. The minimum atomic E-state index is -0.369. The first-order chi connectivity index (χ1) is 7.19.